The average Bonchev–Trinajstić information content (AvgIpc) is 2.48. The van der Waals surface area contributed by atoms with E-state index in [0.717, 1.165) is 25.7 Å². The molecular weight excluding hydrogens is 256 g/mol. The van der Waals surface area contributed by atoms with Crippen LogP contribution < -0.4 is 5.32 Å². The van der Waals surface area contributed by atoms with Gasteiger partial charge in [0.1, 0.15) is 12.1 Å². The molecule has 5 heteroatoms. The summed E-state index contributed by atoms with van der Waals surface area (Å²) in [6.07, 6.45) is 6.31. The Morgan fingerprint density at radius 3 is 2.55 bits per heavy atom. The van der Waals surface area contributed by atoms with Crippen LogP contribution in [0, 0.1) is 5.92 Å². The Bertz CT molecular complexity index is 353. The summed E-state index contributed by atoms with van der Waals surface area (Å²) >= 11 is 0. The molecular formula is C15H26N2O3. The van der Waals surface area contributed by atoms with Gasteiger partial charge in [0.2, 0.25) is 11.8 Å². The Morgan fingerprint density at radius 2 is 1.95 bits per heavy atom. The van der Waals surface area contributed by atoms with Crippen molar-refractivity contribution in [2.24, 2.45) is 5.92 Å². The summed E-state index contributed by atoms with van der Waals surface area (Å²) in [6, 6.07) is -0.653. The van der Waals surface area contributed by atoms with E-state index in [1.807, 2.05) is 6.92 Å². The SMILES string of the molecule is CCC1NC(=O)C(C2CCCCC2)N(CCOC)C1=O. The quantitative estimate of drug-likeness (QED) is 0.827. The van der Waals surface area contributed by atoms with E-state index in [0.29, 0.717) is 25.5 Å². The molecule has 0 radical (unpaired) electrons. The molecule has 1 saturated heterocycles. The molecule has 2 amide bonds. The maximum Gasteiger partial charge on any atom is 0.245 e. The normalized spacial score (nSPS) is 28.6. The number of rotatable bonds is 5. The van der Waals surface area contributed by atoms with Gasteiger partial charge in [-0.15, -0.1) is 0 Å². The highest BCUT2D eigenvalue weighted by Gasteiger charge is 2.43. The van der Waals surface area contributed by atoms with Gasteiger partial charge in [0.15, 0.2) is 0 Å². The lowest BCUT2D eigenvalue weighted by Crippen LogP contribution is -2.65. The number of hydrogen-bond acceptors (Lipinski definition) is 3. The standard InChI is InChI=1S/C15H26N2O3/c1-3-12-15(19)17(9-10-20-2)13(14(18)16-12)11-7-5-4-6-8-11/h11-13H,3-10H2,1-2H3,(H,16,18). The molecule has 1 aliphatic heterocycles. The fourth-order valence-electron chi connectivity index (χ4n) is 3.43. The van der Waals surface area contributed by atoms with E-state index >= 15 is 0 Å². The van der Waals surface area contributed by atoms with Crippen molar-refractivity contribution in [1.29, 1.82) is 0 Å². The van der Waals surface area contributed by atoms with Crippen molar-refractivity contribution in [2.45, 2.75) is 57.5 Å². The first-order valence-corrected chi connectivity index (χ1v) is 7.78. The highest BCUT2D eigenvalue weighted by molar-refractivity contribution is 5.97. The van der Waals surface area contributed by atoms with Crippen LogP contribution in [0.3, 0.4) is 0 Å². The van der Waals surface area contributed by atoms with Crippen LogP contribution in [-0.2, 0) is 14.3 Å². The lowest BCUT2D eigenvalue weighted by Gasteiger charge is -2.43. The van der Waals surface area contributed by atoms with Gasteiger partial charge < -0.3 is 15.0 Å². The van der Waals surface area contributed by atoms with Gasteiger partial charge in [-0.3, -0.25) is 9.59 Å². The number of nitrogens with one attached hydrogen (secondary N) is 1. The molecule has 0 aromatic rings. The molecule has 0 aromatic carbocycles. The van der Waals surface area contributed by atoms with Crippen molar-refractivity contribution >= 4 is 11.8 Å². The number of nitrogens with zero attached hydrogens (tertiary/aromatic N) is 1. The number of amides is 2. The first kappa shape index (κ1) is 15.3. The minimum Gasteiger partial charge on any atom is -0.383 e. The summed E-state index contributed by atoms with van der Waals surface area (Å²) in [6.45, 7) is 2.93. The first-order valence-electron chi connectivity index (χ1n) is 7.78. The van der Waals surface area contributed by atoms with Gasteiger partial charge >= 0.3 is 0 Å². The van der Waals surface area contributed by atoms with Crippen LogP contribution in [0.4, 0.5) is 0 Å². The van der Waals surface area contributed by atoms with Crippen molar-refractivity contribution in [2.75, 3.05) is 20.3 Å². The van der Waals surface area contributed by atoms with Gasteiger partial charge in [0.25, 0.3) is 0 Å². The topological polar surface area (TPSA) is 58.6 Å². The van der Waals surface area contributed by atoms with Crippen LogP contribution in [0.1, 0.15) is 45.4 Å². The van der Waals surface area contributed by atoms with E-state index in [2.05, 4.69) is 5.32 Å². The molecule has 1 saturated carbocycles. The maximum absolute atomic E-state index is 12.5. The molecule has 5 nitrogen and oxygen atoms in total. The second-order valence-corrected chi connectivity index (χ2v) is 5.84. The first-order chi connectivity index (χ1) is 9.69. The van der Waals surface area contributed by atoms with Crippen molar-refractivity contribution in [3.8, 4) is 0 Å². The summed E-state index contributed by atoms with van der Waals surface area (Å²) in [7, 11) is 1.63. The Kier molecular flexibility index (Phi) is 5.40. The summed E-state index contributed by atoms with van der Waals surface area (Å²) in [5.41, 5.74) is 0. The molecule has 114 valence electrons. The van der Waals surface area contributed by atoms with Gasteiger partial charge in [-0.1, -0.05) is 26.2 Å². The van der Waals surface area contributed by atoms with Crippen molar-refractivity contribution in [3.63, 3.8) is 0 Å². The smallest absolute Gasteiger partial charge is 0.245 e. The number of ether oxygens (including phenoxy) is 1. The van der Waals surface area contributed by atoms with Gasteiger partial charge in [0.05, 0.1) is 6.61 Å². The molecule has 2 aliphatic rings. The molecule has 2 atom stereocenters. The van der Waals surface area contributed by atoms with Crippen LogP contribution in [0.5, 0.6) is 0 Å². The molecule has 2 unspecified atom stereocenters. The molecule has 2 fully saturated rings. The fourth-order valence-corrected chi connectivity index (χ4v) is 3.43. The Labute approximate surface area is 121 Å². The van der Waals surface area contributed by atoms with Crippen LogP contribution in [0.2, 0.25) is 0 Å². The van der Waals surface area contributed by atoms with Crippen molar-refractivity contribution < 1.29 is 14.3 Å². The predicted molar refractivity (Wildman–Crippen MR) is 76.2 cm³/mol. The van der Waals surface area contributed by atoms with Gasteiger partial charge in [-0.05, 0) is 25.2 Å². The molecule has 1 aliphatic carbocycles. The third-order valence-corrected chi connectivity index (χ3v) is 4.54. The zero-order valence-corrected chi connectivity index (χ0v) is 12.6. The summed E-state index contributed by atoms with van der Waals surface area (Å²) in [5, 5.41) is 2.90. The third kappa shape index (κ3) is 3.14. The highest BCUT2D eigenvalue weighted by Crippen LogP contribution is 2.31. The molecule has 0 spiro atoms. The summed E-state index contributed by atoms with van der Waals surface area (Å²) in [5.74, 6) is 0.390. The summed E-state index contributed by atoms with van der Waals surface area (Å²) in [4.78, 5) is 26.7. The molecule has 2 rings (SSSR count). The number of hydrogen-bond donors (Lipinski definition) is 1. The van der Waals surface area contributed by atoms with Crippen molar-refractivity contribution in [1.82, 2.24) is 10.2 Å². The lowest BCUT2D eigenvalue weighted by atomic mass is 9.81. The number of methoxy groups -OCH3 is 1. The van der Waals surface area contributed by atoms with Gasteiger partial charge in [-0.2, -0.15) is 0 Å². The molecule has 1 heterocycles. The molecule has 20 heavy (non-hydrogen) atoms. The molecule has 0 bridgehead atoms. The number of piperazine rings is 1. The van der Waals surface area contributed by atoms with Gasteiger partial charge in [0, 0.05) is 13.7 Å². The van der Waals surface area contributed by atoms with Crippen LogP contribution in [0.25, 0.3) is 0 Å². The van der Waals surface area contributed by atoms with E-state index in [1.54, 1.807) is 12.0 Å². The Hall–Kier alpha value is -1.10. The predicted octanol–water partition coefficient (Wildman–Crippen LogP) is 1.32. The van der Waals surface area contributed by atoms with E-state index in [-0.39, 0.29) is 23.9 Å². The second kappa shape index (κ2) is 7.07. The molecule has 1 N–H and O–H groups in total. The third-order valence-electron chi connectivity index (χ3n) is 4.54. The van der Waals surface area contributed by atoms with Crippen molar-refractivity contribution in [3.05, 3.63) is 0 Å². The fraction of sp³-hybridized carbons (Fsp3) is 0.867. The maximum atomic E-state index is 12.5. The van der Waals surface area contributed by atoms with E-state index in [1.165, 1.54) is 6.42 Å². The number of carbonyl (C=O) groups is 2. The average molecular weight is 282 g/mol. The Morgan fingerprint density at radius 1 is 1.25 bits per heavy atom. The second-order valence-electron chi connectivity index (χ2n) is 5.84. The number of carbonyl (C=O) groups excluding carboxylic acids is 2. The minimum absolute atomic E-state index is 0.0273. The van der Waals surface area contributed by atoms with Crippen LogP contribution in [0.15, 0.2) is 0 Å². The zero-order chi connectivity index (χ0) is 14.5. The van der Waals surface area contributed by atoms with E-state index in [4.69, 9.17) is 4.74 Å². The summed E-state index contributed by atoms with van der Waals surface area (Å²) < 4.78 is 5.11. The van der Waals surface area contributed by atoms with Crippen LogP contribution >= 0.6 is 0 Å². The van der Waals surface area contributed by atoms with E-state index < -0.39 is 0 Å². The minimum atomic E-state index is -0.362. The monoisotopic (exact) mass is 282 g/mol. The van der Waals surface area contributed by atoms with E-state index in [9.17, 15) is 9.59 Å². The van der Waals surface area contributed by atoms with Crippen LogP contribution in [-0.4, -0.2) is 49.1 Å². The Balaban J connectivity index is 2.15. The highest BCUT2D eigenvalue weighted by atomic mass is 16.5. The molecule has 0 aromatic heterocycles. The zero-order valence-electron chi connectivity index (χ0n) is 12.6. The lowest BCUT2D eigenvalue weighted by molar-refractivity contribution is -0.153. The largest absolute Gasteiger partial charge is 0.383 e. The van der Waals surface area contributed by atoms with Gasteiger partial charge in [-0.25, -0.2) is 0 Å².